The van der Waals surface area contributed by atoms with E-state index in [-0.39, 0.29) is 5.78 Å². The summed E-state index contributed by atoms with van der Waals surface area (Å²) in [5.74, 6) is -1.92. The Morgan fingerprint density at radius 3 is 2.39 bits per heavy atom. The SMILES string of the molecule is CC(=O)OOC(=O)N(C(c1ccccc1Cl)C1CCCCC1=O)N(C)C(C)=O. The molecule has 1 aliphatic carbocycles. The topological polar surface area (TPSA) is 93.2 Å². The van der Waals surface area contributed by atoms with Crippen molar-refractivity contribution < 1.29 is 29.0 Å². The summed E-state index contributed by atoms with van der Waals surface area (Å²) >= 11 is 6.37. The highest BCUT2D eigenvalue weighted by molar-refractivity contribution is 6.31. The molecule has 2 amide bonds. The van der Waals surface area contributed by atoms with Gasteiger partial charge in [0.05, 0.1) is 6.04 Å². The van der Waals surface area contributed by atoms with Gasteiger partial charge in [0.25, 0.3) is 0 Å². The van der Waals surface area contributed by atoms with Gasteiger partial charge in [-0.2, -0.15) is 0 Å². The van der Waals surface area contributed by atoms with Crippen molar-refractivity contribution in [2.24, 2.45) is 5.92 Å². The molecule has 9 heteroatoms. The van der Waals surface area contributed by atoms with Crippen molar-refractivity contribution in [1.29, 1.82) is 0 Å². The van der Waals surface area contributed by atoms with E-state index in [4.69, 9.17) is 11.6 Å². The fourth-order valence-electron chi connectivity index (χ4n) is 3.28. The second-order valence-corrected chi connectivity index (χ2v) is 7.00. The molecule has 0 spiro atoms. The molecular weight excluding hydrogens is 388 g/mol. The molecule has 152 valence electrons. The maximum atomic E-state index is 12.7. The molecule has 2 unspecified atom stereocenters. The van der Waals surface area contributed by atoms with Gasteiger partial charge >= 0.3 is 12.1 Å². The number of amides is 2. The van der Waals surface area contributed by atoms with Gasteiger partial charge in [-0.05, 0) is 24.5 Å². The molecule has 1 aromatic rings. The molecule has 1 aromatic carbocycles. The third-order valence-corrected chi connectivity index (χ3v) is 5.01. The highest BCUT2D eigenvalue weighted by Crippen LogP contribution is 2.40. The van der Waals surface area contributed by atoms with Crippen molar-refractivity contribution >= 4 is 35.4 Å². The molecule has 1 aliphatic rings. The molecule has 8 nitrogen and oxygen atoms in total. The lowest BCUT2D eigenvalue weighted by atomic mass is 9.79. The number of nitrogens with zero attached hydrogens (tertiary/aromatic N) is 2. The third kappa shape index (κ3) is 5.01. The van der Waals surface area contributed by atoms with Crippen molar-refractivity contribution in [2.45, 2.75) is 45.6 Å². The molecule has 0 aliphatic heterocycles. The average molecular weight is 411 g/mol. The van der Waals surface area contributed by atoms with E-state index in [1.165, 1.54) is 14.0 Å². The number of carbonyl (C=O) groups is 4. The number of rotatable bonds is 3. The fourth-order valence-corrected chi connectivity index (χ4v) is 3.53. The lowest BCUT2D eigenvalue weighted by Gasteiger charge is -2.41. The number of hydrogen-bond donors (Lipinski definition) is 0. The van der Waals surface area contributed by atoms with E-state index in [0.717, 1.165) is 29.8 Å². The monoisotopic (exact) mass is 410 g/mol. The zero-order valence-corrected chi connectivity index (χ0v) is 16.8. The molecule has 0 saturated heterocycles. The normalized spacial score (nSPS) is 17.4. The molecule has 2 rings (SSSR count). The highest BCUT2D eigenvalue weighted by atomic mass is 35.5. The van der Waals surface area contributed by atoms with Crippen LogP contribution in [-0.2, 0) is 24.2 Å². The maximum absolute atomic E-state index is 12.7. The molecule has 28 heavy (non-hydrogen) atoms. The molecular formula is C19H23ClN2O6. The van der Waals surface area contributed by atoms with Gasteiger partial charge in [-0.15, -0.1) is 0 Å². The van der Waals surface area contributed by atoms with E-state index in [2.05, 4.69) is 9.78 Å². The van der Waals surface area contributed by atoms with Crippen LogP contribution in [0.3, 0.4) is 0 Å². The zero-order valence-electron chi connectivity index (χ0n) is 16.0. The molecule has 0 heterocycles. The van der Waals surface area contributed by atoms with E-state index in [9.17, 15) is 19.2 Å². The molecule has 0 radical (unpaired) electrons. The minimum Gasteiger partial charge on any atom is -0.299 e. The Morgan fingerprint density at radius 1 is 1.14 bits per heavy atom. The number of halogens is 1. The molecule has 1 saturated carbocycles. The lowest BCUT2D eigenvalue weighted by Crippen LogP contribution is -2.52. The summed E-state index contributed by atoms with van der Waals surface area (Å²) in [7, 11) is 1.37. The Hall–Kier alpha value is -2.61. The number of hydrogen-bond acceptors (Lipinski definition) is 6. The Kier molecular flexibility index (Phi) is 7.39. The minimum atomic E-state index is -1.10. The smallest absolute Gasteiger partial charge is 0.299 e. The van der Waals surface area contributed by atoms with Crippen LogP contribution >= 0.6 is 11.6 Å². The Morgan fingerprint density at radius 2 is 1.82 bits per heavy atom. The van der Waals surface area contributed by atoms with Crippen LogP contribution in [0.1, 0.15) is 51.1 Å². The van der Waals surface area contributed by atoms with E-state index in [1.54, 1.807) is 24.3 Å². The minimum absolute atomic E-state index is 0.0293. The molecule has 0 bridgehead atoms. The van der Waals surface area contributed by atoms with Crippen LogP contribution in [0.25, 0.3) is 0 Å². The van der Waals surface area contributed by atoms with Crippen LogP contribution in [0.5, 0.6) is 0 Å². The number of Topliss-reactive ketones (excluding diaryl/α,β-unsaturated/α-hetero) is 1. The Bertz CT molecular complexity index is 769. The summed E-state index contributed by atoms with van der Waals surface area (Å²) < 4.78 is 0. The summed E-state index contributed by atoms with van der Waals surface area (Å²) in [6.45, 7) is 2.33. The second-order valence-electron chi connectivity index (χ2n) is 6.60. The summed E-state index contributed by atoms with van der Waals surface area (Å²) in [6.07, 6.45) is 1.37. The Balaban J connectivity index is 2.55. The van der Waals surface area contributed by atoms with Gasteiger partial charge in [-0.25, -0.2) is 24.4 Å². The summed E-state index contributed by atoms with van der Waals surface area (Å²) in [5, 5.41) is 2.36. The van der Waals surface area contributed by atoms with Gasteiger partial charge in [0.1, 0.15) is 5.78 Å². The summed E-state index contributed by atoms with van der Waals surface area (Å²) in [4.78, 5) is 57.5. The fraction of sp³-hybridized carbons (Fsp3) is 0.474. The Labute approximate surface area is 168 Å². The van der Waals surface area contributed by atoms with Crippen LogP contribution in [0.15, 0.2) is 24.3 Å². The standard InChI is InChI=1S/C19H23ClN2O6/c1-12(23)21(3)22(19(26)28-27-13(2)24)18(14-8-4-6-10-16(14)20)15-9-5-7-11-17(15)25/h4,6,8,10,15,18H,5,7,9,11H2,1-3H3. The first-order valence-corrected chi connectivity index (χ1v) is 9.31. The van der Waals surface area contributed by atoms with E-state index >= 15 is 0 Å². The van der Waals surface area contributed by atoms with Crippen molar-refractivity contribution in [3.05, 3.63) is 34.9 Å². The molecule has 0 N–H and O–H groups in total. The highest BCUT2D eigenvalue weighted by Gasteiger charge is 2.42. The predicted molar refractivity (Wildman–Crippen MR) is 99.7 cm³/mol. The summed E-state index contributed by atoms with van der Waals surface area (Å²) in [6, 6.07) is 5.89. The predicted octanol–water partition coefficient (Wildman–Crippen LogP) is 3.45. The van der Waals surface area contributed by atoms with Crippen molar-refractivity contribution in [2.75, 3.05) is 7.05 Å². The van der Waals surface area contributed by atoms with Crippen LogP contribution in [0.2, 0.25) is 5.02 Å². The van der Waals surface area contributed by atoms with E-state index in [1.807, 2.05) is 0 Å². The number of carbonyl (C=O) groups excluding carboxylic acids is 4. The van der Waals surface area contributed by atoms with Crippen LogP contribution < -0.4 is 0 Å². The number of hydrazine groups is 1. The maximum Gasteiger partial charge on any atom is 0.472 e. The first-order valence-electron chi connectivity index (χ1n) is 8.93. The van der Waals surface area contributed by atoms with Crippen LogP contribution in [-0.4, -0.2) is 40.8 Å². The van der Waals surface area contributed by atoms with Gasteiger partial charge in [-0.1, -0.05) is 36.2 Å². The van der Waals surface area contributed by atoms with Gasteiger partial charge in [-0.3, -0.25) is 14.6 Å². The first kappa shape index (κ1) is 21.7. The van der Waals surface area contributed by atoms with E-state index in [0.29, 0.717) is 23.4 Å². The second kappa shape index (κ2) is 9.54. The average Bonchev–Trinajstić information content (AvgIpc) is 2.65. The molecule has 2 atom stereocenters. The third-order valence-electron chi connectivity index (χ3n) is 4.67. The number of benzene rings is 1. The van der Waals surface area contributed by atoms with Gasteiger partial charge in [0, 0.05) is 38.3 Å². The first-order chi connectivity index (χ1) is 13.2. The van der Waals surface area contributed by atoms with Gasteiger partial charge in [0.2, 0.25) is 5.91 Å². The van der Waals surface area contributed by atoms with Gasteiger partial charge < -0.3 is 0 Å². The van der Waals surface area contributed by atoms with Gasteiger partial charge in [0.15, 0.2) is 0 Å². The zero-order chi connectivity index (χ0) is 20.8. The number of ketones is 1. The lowest BCUT2D eigenvalue weighted by molar-refractivity contribution is -0.243. The van der Waals surface area contributed by atoms with Crippen molar-refractivity contribution in [3.8, 4) is 0 Å². The van der Waals surface area contributed by atoms with Crippen molar-refractivity contribution in [1.82, 2.24) is 10.0 Å². The molecule has 0 aromatic heterocycles. The van der Waals surface area contributed by atoms with Crippen molar-refractivity contribution in [3.63, 3.8) is 0 Å². The van der Waals surface area contributed by atoms with Crippen LogP contribution in [0.4, 0.5) is 4.79 Å². The largest absolute Gasteiger partial charge is 0.472 e. The quantitative estimate of drug-likeness (QED) is 0.559. The molecule has 1 fully saturated rings. The van der Waals surface area contributed by atoms with Crippen LogP contribution in [0, 0.1) is 5.92 Å². The summed E-state index contributed by atoms with van der Waals surface area (Å²) in [5.41, 5.74) is 0.497. The van der Waals surface area contributed by atoms with E-state index < -0.39 is 29.9 Å².